The van der Waals surface area contributed by atoms with Crippen LogP contribution in [0.3, 0.4) is 0 Å². The second-order valence-corrected chi connectivity index (χ2v) is 10.4. The largest absolute Gasteiger partial charge is 0.494 e. The number of carbonyl (C=O) groups is 3. The van der Waals surface area contributed by atoms with E-state index in [0.717, 1.165) is 27.5 Å². The predicted octanol–water partition coefficient (Wildman–Crippen LogP) is 2.50. The molecular formula is C25H28N6O5S. The number of hydrogen-bond acceptors (Lipinski definition) is 8. The summed E-state index contributed by atoms with van der Waals surface area (Å²) < 4.78 is 1.54. The molecule has 11 nitrogen and oxygen atoms in total. The van der Waals surface area contributed by atoms with Crippen molar-refractivity contribution < 1.29 is 19.5 Å². The van der Waals surface area contributed by atoms with Crippen LogP contribution in [0.25, 0.3) is 0 Å². The van der Waals surface area contributed by atoms with Crippen molar-refractivity contribution in [3.05, 3.63) is 44.5 Å². The molecular weight excluding hydrogens is 496 g/mol. The Balaban J connectivity index is 1.57. The van der Waals surface area contributed by atoms with Crippen molar-refractivity contribution in [2.75, 3.05) is 25.5 Å². The Kier molecular flexibility index (Phi) is 5.81. The van der Waals surface area contributed by atoms with Gasteiger partial charge in [-0.25, -0.2) is 4.79 Å². The molecule has 1 aromatic heterocycles. The third-order valence-electron chi connectivity index (χ3n) is 7.62. The first kappa shape index (κ1) is 24.9. The summed E-state index contributed by atoms with van der Waals surface area (Å²) in [5.41, 5.74) is 0.161. The van der Waals surface area contributed by atoms with Crippen LogP contribution in [0.15, 0.2) is 28.0 Å². The summed E-state index contributed by atoms with van der Waals surface area (Å²) >= 11 is 5.16. The van der Waals surface area contributed by atoms with Gasteiger partial charge in [0.15, 0.2) is 10.2 Å². The van der Waals surface area contributed by atoms with Crippen LogP contribution in [0.1, 0.15) is 43.9 Å². The highest BCUT2D eigenvalue weighted by Crippen LogP contribution is 2.49. The zero-order valence-electron chi connectivity index (χ0n) is 21.0. The number of nitrogens with zero attached hydrogens (tertiary/aromatic N) is 5. The number of aromatic nitrogens is 2. The molecule has 2 aromatic rings. The van der Waals surface area contributed by atoms with Gasteiger partial charge in [-0.15, -0.1) is 0 Å². The lowest BCUT2D eigenvalue weighted by Gasteiger charge is -2.50. The van der Waals surface area contributed by atoms with Crippen LogP contribution in [0.4, 0.5) is 16.2 Å². The van der Waals surface area contributed by atoms with Crippen molar-refractivity contribution in [1.29, 1.82) is 0 Å². The average Bonchev–Trinajstić information content (AvgIpc) is 3.35. The summed E-state index contributed by atoms with van der Waals surface area (Å²) in [5, 5.41) is 10.7. The van der Waals surface area contributed by atoms with Gasteiger partial charge >= 0.3 is 6.03 Å². The Bertz CT molecular complexity index is 1470. The number of imide groups is 2. The van der Waals surface area contributed by atoms with Gasteiger partial charge in [-0.05, 0) is 69.1 Å². The Morgan fingerprint density at radius 2 is 1.84 bits per heavy atom. The number of hydrogen-bond donors (Lipinski definition) is 2. The van der Waals surface area contributed by atoms with Gasteiger partial charge in [0, 0.05) is 38.6 Å². The van der Waals surface area contributed by atoms with Gasteiger partial charge in [0.05, 0.1) is 11.7 Å². The Morgan fingerprint density at radius 3 is 2.49 bits per heavy atom. The second-order valence-electron chi connectivity index (χ2n) is 10.0. The molecule has 0 unspecified atom stereocenters. The molecule has 1 spiro atoms. The van der Waals surface area contributed by atoms with E-state index in [0.29, 0.717) is 18.7 Å². The highest BCUT2D eigenvalue weighted by Gasteiger charge is 2.63. The second kappa shape index (κ2) is 8.65. The highest BCUT2D eigenvalue weighted by molar-refractivity contribution is 7.71. The third-order valence-corrected chi connectivity index (χ3v) is 7.92. The number of H-pyrrole nitrogens is 1. The lowest BCUT2D eigenvalue weighted by molar-refractivity contribution is -0.159. The standard InChI is InChI=1S/C25H28N6O5S/c1-13(2)31-20(33)16(19(32)27-23(31)37)12-26-15-7-8-17-14(10-15)11-25(18-6-5-9-30(17)18)21(34)28(3)24(36)29(4)22(25)35/h7-8,10,12-13,18,33H,5-6,9,11H2,1-4H3,(H,27,32,37)/t18-/m1/s1. The molecule has 37 heavy (non-hydrogen) atoms. The molecule has 5 rings (SSSR count). The zero-order valence-corrected chi connectivity index (χ0v) is 21.8. The number of barbiturate groups is 1. The Hall–Kier alpha value is -3.80. The van der Waals surface area contributed by atoms with Gasteiger partial charge in [-0.1, -0.05) is 0 Å². The molecule has 0 radical (unpaired) electrons. The van der Waals surface area contributed by atoms with Crippen molar-refractivity contribution in [1.82, 2.24) is 19.4 Å². The molecule has 0 bridgehead atoms. The van der Waals surface area contributed by atoms with Crippen LogP contribution in [-0.4, -0.2) is 75.2 Å². The molecule has 1 atom stereocenters. The molecule has 2 fully saturated rings. The topological polar surface area (TPSA) is 131 Å². The van der Waals surface area contributed by atoms with Crippen LogP contribution < -0.4 is 10.5 Å². The first-order valence-electron chi connectivity index (χ1n) is 12.1. The van der Waals surface area contributed by atoms with E-state index in [4.69, 9.17) is 12.2 Å². The van der Waals surface area contributed by atoms with E-state index in [-0.39, 0.29) is 34.7 Å². The summed E-state index contributed by atoms with van der Waals surface area (Å²) in [6, 6.07) is 4.31. The van der Waals surface area contributed by atoms with Crippen LogP contribution in [0, 0.1) is 10.2 Å². The number of carbonyl (C=O) groups excluding carboxylic acids is 3. The fraction of sp³-hybridized carbons (Fsp3) is 0.440. The van der Waals surface area contributed by atoms with E-state index in [9.17, 15) is 24.3 Å². The van der Waals surface area contributed by atoms with Gasteiger partial charge in [-0.2, -0.15) is 0 Å². The minimum atomic E-state index is -1.40. The summed E-state index contributed by atoms with van der Waals surface area (Å²) in [5.74, 6) is -1.26. The smallest absolute Gasteiger partial charge is 0.332 e. The maximum atomic E-state index is 13.5. The first-order chi connectivity index (χ1) is 17.5. The Labute approximate surface area is 218 Å². The van der Waals surface area contributed by atoms with Crippen molar-refractivity contribution in [3.8, 4) is 5.88 Å². The normalized spacial score (nSPS) is 20.9. The number of anilines is 1. The molecule has 194 valence electrons. The number of aromatic amines is 1. The first-order valence-corrected chi connectivity index (χ1v) is 12.5. The van der Waals surface area contributed by atoms with Crippen molar-refractivity contribution in [2.45, 2.75) is 45.2 Å². The van der Waals surface area contributed by atoms with Gasteiger partial charge in [-0.3, -0.25) is 38.7 Å². The van der Waals surface area contributed by atoms with E-state index < -0.39 is 28.8 Å². The third kappa shape index (κ3) is 3.53. The molecule has 4 amide bonds. The summed E-state index contributed by atoms with van der Waals surface area (Å²) in [6.45, 7) is 4.35. The molecule has 1 aromatic carbocycles. The summed E-state index contributed by atoms with van der Waals surface area (Å²) in [7, 11) is 2.82. The molecule has 2 saturated heterocycles. The van der Waals surface area contributed by atoms with E-state index in [1.165, 1.54) is 24.9 Å². The van der Waals surface area contributed by atoms with Gasteiger partial charge in [0.2, 0.25) is 17.7 Å². The number of aliphatic imine (C=N–C) groups is 1. The van der Waals surface area contributed by atoms with Crippen LogP contribution in [0.5, 0.6) is 5.88 Å². The number of aromatic hydroxyl groups is 1. The van der Waals surface area contributed by atoms with E-state index in [2.05, 4.69) is 14.9 Å². The van der Waals surface area contributed by atoms with Crippen LogP contribution in [-0.2, 0) is 16.0 Å². The number of nitrogens with one attached hydrogen (secondary N) is 1. The van der Waals surface area contributed by atoms with Crippen LogP contribution >= 0.6 is 12.2 Å². The molecule has 2 N–H and O–H groups in total. The van der Waals surface area contributed by atoms with E-state index in [1.807, 2.05) is 19.9 Å². The fourth-order valence-corrected chi connectivity index (χ4v) is 6.26. The lowest BCUT2D eigenvalue weighted by atomic mass is 9.68. The maximum absolute atomic E-state index is 13.5. The quantitative estimate of drug-likeness (QED) is 0.358. The Morgan fingerprint density at radius 1 is 1.16 bits per heavy atom. The molecule has 0 aliphatic carbocycles. The van der Waals surface area contributed by atoms with Gasteiger partial charge in [0.25, 0.3) is 5.56 Å². The molecule has 12 heteroatoms. The van der Waals surface area contributed by atoms with Crippen LogP contribution in [0.2, 0.25) is 0 Å². The lowest BCUT2D eigenvalue weighted by Crippen LogP contribution is -2.70. The monoisotopic (exact) mass is 524 g/mol. The number of rotatable bonds is 3. The van der Waals surface area contributed by atoms with Crippen molar-refractivity contribution in [3.63, 3.8) is 0 Å². The number of amides is 4. The van der Waals surface area contributed by atoms with E-state index in [1.54, 1.807) is 12.1 Å². The molecule has 3 aliphatic heterocycles. The van der Waals surface area contributed by atoms with Crippen molar-refractivity contribution >= 4 is 47.7 Å². The van der Waals surface area contributed by atoms with Crippen molar-refractivity contribution in [2.24, 2.45) is 10.4 Å². The fourth-order valence-electron chi connectivity index (χ4n) is 5.87. The number of benzene rings is 1. The minimum Gasteiger partial charge on any atom is -0.494 e. The number of urea groups is 1. The van der Waals surface area contributed by atoms with Gasteiger partial charge < -0.3 is 10.0 Å². The zero-order chi connectivity index (χ0) is 26.8. The summed E-state index contributed by atoms with van der Waals surface area (Å²) in [4.78, 5) is 63.1. The summed E-state index contributed by atoms with van der Waals surface area (Å²) in [6.07, 6.45) is 2.90. The maximum Gasteiger partial charge on any atom is 0.332 e. The minimum absolute atomic E-state index is 0.0319. The highest BCUT2D eigenvalue weighted by atomic mass is 32.1. The average molecular weight is 525 g/mol. The molecule has 4 heterocycles. The van der Waals surface area contributed by atoms with E-state index >= 15 is 0 Å². The molecule has 3 aliphatic rings. The predicted molar refractivity (Wildman–Crippen MR) is 139 cm³/mol. The number of fused-ring (bicyclic) bond motifs is 4. The van der Waals surface area contributed by atoms with Gasteiger partial charge in [0.1, 0.15) is 5.56 Å². The SMILES string of the molecule is CC(C)n1c(O)c(C=Nc2ccc3c(c2)CC2(C(=O)N(C)C(=O)N(C)C2=O)[C@H]2CCCN32)c(=O)[nH]c1=S. The molecule has 0 saturated carbocycles.